The molecule has 1 fully saturated rings. The van der Waals surface area contributed by atoms with Gasteiger partial charge >= 0.3 is 0 Å². The second-order valence-electron chi connectivity index (χ2n) is 10.5. The lowest BCUT2D eigenvalue weighted by molar-refractivity contribution is -0.140. The van der Waals surface area contributed by atoms with E-state index in [1.807, 2.05) is 30.3 Å². The molecule has 0 aliphatic heterocycles. The lowest BCUT2D eigenvalue weighted by atomic mass is 10.0. The summed E-state index contributed by atoms with van der Waals surface area (Å²) in [6, 6.07) is 20.9. The molecule has 1 unspecified atom stereocenters. The average Bonchev–Trinajstić information content (AvgIpc) is 3.48. The Kier molecular flexibility index (Phi) is 10.6. The van der Waals surface area contributed by atoms with Crippen LogP contribution in [0.1, 0.15) is 43.7 Å². The summed E-state index contributed by atoms with van der Waals surface area (Å²) < 4.78 is 47.6. The number of halogens is 1. The number of carbonyl (C=O) groups is 2. The minimum absolute atomic E-state index is 0.00762. The number of nitrogens with one attached hydrogen (secondary N) is 1. The third-order valence-electron chi connectivity index (χ3n) is 7.38. The molecule has 0 bridgehead atoms. The smallest absolute Gasteiger partial charge is 0.244 e. The molecular weight excluding hydrogens is 557 g/mol. The number of sulfonamides is 1. The van der Waals surface area contributed by atoms with Crippen molar-refractivity contribution in [3.8, 4) is 5.75 Å². The van der Waals surface area contributed by atoms with Crippen molar-refractivity contribution in [3.05, 3.63) is 95.8 Å². The predicted molar refractivity (Wildman–Crippen MR) is 161 cm³/mol. The van der Waals surface area contributed by atoms with Crippen molar-refractivity contribution in [1.82, 2.24) is 10.2 Å². The van der Waals surface area contributed by atoms with Crippen molar-refractivity contribution in [2.45, 2.75) is 57.7 Å². The molecule has 1 aliphatic rings. The van der Waals surface area contributed by atoms with Gasteiger partial charge in [0.1, 0.15) is 24.2 Å². The van der Waals surface area contributed by atoms with Crippen LogP contribution in [0.5, 0.6) is 5.75 Å². The molecule has 224 valence electrons. The molecule has 0 aromatic heterocycles. The minimum atomic E-state index is -3.96. The Hall–Kier alpha value is -3.92. The van der Waals surface area contributed by atoms with Crippen LogP contribution in [0.3, 0.4) is 0 Å². The molecule has 0 heterocycles. The number of amides is 2. The largest absolute Gasteiger partial charge is 0.492 e. The Bertz CT molecular complexity index is 1460. The second kappa shape index (κ2) is 14.3. The van der Waals surface area contributed by atoms with Gasteiger partial charge in [-0.3, -0.25) is 13.9 Å². The van der Waals surface area contributed by atoms with E-state index in [9.17, 15) is 22.4 Å². The van der Waals surface area contributed by atoms with Gasteiger partial charge in [0.2, 0.25) is 21.8 Å². The van der Waals surface area contributed by atoms with E-state index in [1.54, 1.807) is 49.4 Å². The van der Waals surface area contributed by atoms with E-state index < -0.39 is 34.3 Å². The number of carbonyl (C=O) groups excluding carboxylic acids is 2. The highest BCUT2D eigenvalue weighted by molar-refractivity contribution is 7.92. The van der Waals surface area contributed by atoms with Gasteiger partial charge in [-0.05, 0) is 43.5 Å². The fourth-order valence-electron chi connectivity index (χ4n) is 5.27. The van der Waals surface area contributed by atoms with Gasteiger partial charge in [-0.1, -0.05) is 73.5 Å². The molecule has 1 N–H and O–H groups in total. The van der Waals surface area contributed by atoms with Crippen LogP contribution in [-0.4, -0.2) is 56.6 Å². The summed E-state index contributed by atoms with van der Waals surface area (Å²) in [5.74, 6) is -1.21. The first-order chi connectivity index (χ1) is 20.2. The summed E-state index contributed by atoms with van der Waals surface area (Å²) in [6.07, 6.45) is 4.90. The highest BCUT2D eigenvalue weighted by atomic mass is 32.2. The van der Waals surface area contributed by atoms with Gasteiger partial charge in [0.25, 0.3) is 0 Å². The second-order valence-corrected chi connectivity index (χ2v) is 12.4. The van der Waals surface area contributed by atoms with Gasteiger partial charge in [-0.2, -0.15) is 0 Å². The molecule has 1 atom stereocenters. The number of benzene rings is 3. The van der Waals surface area contributed by atoms with Crippen LogP contribution in [0.15, 0.2) is 78.9 Å². The SMILES string of the molecule is CCOc1ccccc1N(CC(=O)N(Cc1ccccc1F)C(Cc1ccccc1)C(=O)NC1CCCC1)S(C)(=O)=O. The number of ether oxygens (including phenoxy) is 1. The highest BCUT2D eigenvalue weighted by Gasteiger charge is 2.35. The zero-order valence-corrected chi connectivity index (χ0v) is 24.9. The number of para-hydroxylation sites is 2. The van der Waals surface area contributed by atoms with Crippen LogP contribution in [0.4, 0.5) is 10.1 Å². The molecule has 0 spiro atoms. The first kappa shape index (κ1) is 31.0. The molecule has 8 nitrogen and oxygen atoms in total. The lowest BCUT2D eigenvalue weighted by Gasteiger charge is -2.34. The summed E-state index contributed by atoms with van der Waals surface area (Å²) in [4.78, 5) is 29.4. The van der Waals surface area contributed by atoms with Crippen LogP contribution >= 0.6 is 0 Å². The summed E-state index contributed by atoms with van der Waals surface area (Å²) in [6.45, 7) is 1.26. The first-order valence-electron chi connectivity index (χ1n) is 14.2. The maximum atomic E-state index is 14.9. The van der Waals surface area contributed by atoms with Crippen LogP contribution in [0.2, 0.25) is 0 Å². The Labute approximate surface area is 247 Å². The summed E-state index contributed by atoms with van der Waals surface area (Å²) in [5, 5.41) is 3.10. The topological polar surface area (TPSA) is 96.0 Å². The van der Waals surface area contributed by atoms with Crippen molar-refractivity contribution in [1.29, 1.82) is 0 Å². The minimum Gasteiger partial charge on any atom is -0.492 e. The number of anilines is 1. The van der Waals surface area contributed by atoms with Gasteiger partial charge in [-0.25, -0.2) is 12.8 Å². The fourth-order valence-corrected chi connectivity index (χ4v) is 6.12. The summed E-state index contributed by atoms with van der Waals surface area (Å²) in [5.41, 5.74) is 1.24. The van der Waals surface area contributed by atoms with E-state index >= 15 is 0 Å². The Morgan fingerprint density at radius 2 is 1.62 bits per heavy atom. The molecule has 1 saturated carbocycles. The number of rotatable bonds is 13. The van der Waals surface area contributed by atoms with E-state index in [0.29, 0.717) is 12.4 Å². The zero-order chi connectivity index (χ0) is 30.1. The monoisotopic (exact) mass is 595 g/mol. The van der Waals surface area contributed by atoms with Crippen molar-refractivity contribution in [2.24, 2.45) is 0 Å². The van der Waals surface area contributed by atoms with Crippen LogP contribution < -0.4 is 14.4 Å². The first-order valence-corrected chi connectivity index (χ1v) is 16.1. The average molecular weight is 596 g/mol. The maximum Gasteiger partial charge on any atom is 0.244 e. The van der Waals surface area contributed by atoms with Crippen LogP contribution in [-0.2, 0) is 32.6 Å². The molecule has 1 aliphatic carbocycles. The van der Waals surface area contributed by atoms with Crippen molar-refractivity contribution in [3.63, 3.8) is 0 Å². The highest BCUT2D eigenvalue weighted by Crippen LogP contribution is 2.30. The van der Waals surface area contributed by atoms with Crippen molar-refractivity contribution >= 4 is 27.5 Å². The van der Waals surface area contributed by atoms with E-state index in [1.165, 1.54) is 11.0 Å². The normalized spacial score (nSPS) is 14.3. The van der Waals surface area contributed by atoms with Gasteiger partial charge in [0, 0.05) is 24.6 Å². The van der Waals surface area contributed by atoms with E-state index in [4.69, 9.17) is 4.74 Å². The maximum absolute atomic E-state index is 14.9. The van der Waals surface area contributed by atoms with Crippen LogP contribution in [0, 0.1) is 5.82 Å². The van der Waals surface area contributed by atoms with E-state index in [-0.39, 0.29) is 36.2 Å². The molecule has 0 saturated heterocycles. The lowest BCUT2D eigenvalue weighted by Crippen LogP contribution is -2.54. The molecular formula is C32H38FN3O5S. The molecule has 42 heavy (non-hydrogen) atoms. The standard InChI is InChI=1S/C32H38FN3O5S/c1-3-41-30-20-12-11-19-28(30)36(42(2,39)40)23-31(37)35(22-25-15-7-10-18-27(25)33)29(21-24-13-5-4-6-14-24)32(38)34-26-16-8-9-17-26/h4-7,10-15,18-20,26,29H,3,8-9,16-17,21-23H2,1-2H3,(H,34,38). The molecule has 3 aromatic carbocycles. The van der Waals surface area contributed by atoms with Gasteiger partial charge in [-0.15, -0.1) is 0 Å². The van der Waals surface area contributed by atoms with Gasteiger partial charge in [0.05, 0.1) is 18.6 Å². The molecule has 10 heteroatoms. The molecule has 3 aromatic rings. The molecule has 4 rings (SSSR count). The van der Waals surface area contributed by atoms with Gasteiger partial charge in [0.15, 0.2) is 0 Å². The summed E-state index contributed by atoms with van der Waals surface area (Å²) >= 11 is 0. The number of hydrogen-bond donors (Lipinski definition) is 1. The predicted octanol–water partition coefficient (Wildman–Crippen LogP) is 4.69. The Balaban J connectivity index is 1.75. The van der Waals surface area contributed by atoms with Crippen molar-refractivity contribution in [2.75, 3.05) is 23.7 Å². The van der Waals surface area contributed by atoms with Gasteiger partial charge < -0.3 is 15.0 Å². The third-order valence-corrected chi connectivity index (χ3v) is 8.51. The zero-order valence-electron chi connectivity index (χ0n) is 24.0. The summed E-state index contributed by atoms with van der Waals surface area (Å²) in [7, 11) is -3.96. The molecule has 0 radical (unpaired) electrons. The third kappa shape index (κ3) is 8.09. The van der Waals surface area contributed by atoms with E-state index in [2.05, 4.69) is 5.32 Å². The Morgan fingerprint density at radius 1 is 0.976 bits per heavy atom. The molecule has 2 amide bonds. The van der Waals surface area contributed by atoms with Crippen molar-refractivity contribution < 1.29 is 27.1 Å². The van der Waals surface area contributed by atoms with E-state index in [0.717, 1.165) is 41.8 Å². The number of hydrogen-bond acceptors (Lipinski definition) is 5. The number of nitrogens with zero attached hydrogens (tertiary/aromatic N) is 2. The quantitative estimate of drug-likeness (QED) is 0.309. The Morgan fingerprint density at radius 3 is 2.29 bits per heavy atom. The fraction of sp³-hybridized carbons (Fsp3) is 0.375. The van der Waals surface area contributed by atoms with Crippen LogP contribution in [0.25, 0.3) is 0 Å².